The van der Waals surface area contributed by atoms with Crippen LogP contribution in [0.5, 0.6) is 17.2 Å². The summed E-state index contributed by atoms with van der Waals surface area (Å²) in [7, 11) is 4.72. The Morgan fingerprint density at radius 1 is 0.909 bits per heavy atom. The molecule has 0 bridgehead atoms. The van der Waals surface area contributed by atoms with Crippen LogP contribution in [0.1, 0.15) is 20.3 Å². The number of hydrogen-bond acceptors (Lipinski definition) is 9. The number of nitrogens with one attached hydrogen (secondary N) is 3. The average molecular weight is 453 g/mol. The van der Waals surface area contributed by atoms with Crippen molar-refractivity contribution >= 4 is 17.5 Å². The third-order valence-electron chi connectivity index (χ3n) is 4.85. The van der Waals surface area contributed by atoms with Crippen molar-refractivity contribution in [2.75, 3.05) is 45.1 Å². The molecule has 2 aromatic heterocycles. The molecule has 0 aliphatic heterocycles. The second kappa shape index (κ2) is 11.9. The zero-order valence-electron chi connectivity index (χ0n) is 19.8. The van der Waals surface area contributed by atoms with Gasteiger partial charge in [-0.1, -0.05) is 13.8 Å². The first kappa shape index (κ1) is 24.1. The summed E-state index contributed by atoms with van der Waals surface area (Å²) in [5.41, 5.74) is 2.38. The molecule has 0 aliphatic rings. The minimum Gasteiger partial charge on any atom is -0.493 e. The number of ether oxygens (including phenoxy) is 3. The molecule has 33 heavy (non-hydrogen) atoms. The molecule has 0 saturated heterocycles. The van der Waals surface area contributed by atoms with Crippen LogP contribution in [0.25, 0.3) is 11.3 Å². The molecule has 3 rings (SSSR count). The fraction of sp³-hybridized carbons (Fsp3) is 0.375. The molecular weight excluding hydrogens is 420 g/mol. The van der Waals surface area contributed by atoms with E-state index in [0.717, 1.165) is 36.6 Å². The number of benzene rings is 1. The first-order valence-corrected chi connectivity index (χ1v) is 10.9. The van der Waals surface area contributed by atoms with Crippen LogP contribution in [0.3, 0.4) is 0 Å². The molecule has 2 heterocycles. The highest BCUT2D eigenvalue weighted by Gasteiger charge is 2.14. The number of hydrogen-bond donors (Lipinski definition) is 3. The van der Waals surface area contributed by atoms with Gasteiger partial charge in [0.05, 0.1) is 27.0 Å². The first-order chi connectivity index (χ1) is 16.0. The van der Waals surface area contributed by atoms with E-state index < -0.39 is 0 Å². The van der Waals surface area contributed by atoms with Crippen LogP contribution in [-0.2, 0) is 0 Å². The van der Waals surface area contributed by atoms with Gasteiger partial charge in [-0.25, -0.2) is 15.0 Å². The lowest BCUT2D eigenvalue weighted by Gasteiger charge is -2.14. The summed E-state index contributed by atoms with van der Waals surface area (Å²) < 4.78 is 16.2. The van der Waals surface area contributed by atoms with E-state index in [9.17, 15) is 0 Å². The summed E-state index contributed by atoms with van der Waals surface area (Å²) >= 11 is 0. The van der Waals surface area contributed by atoms with Crippen LogP contribution < -0.4 is 30.2 Å². The van der Waals surface area contributed by atoms with E-state index >= 15 is 0 Å². The Morgan fingerprint density at radius 2 is 1.67 bits per heavy atom. The number of rotatable bonds is 12. The molecule has 0 spiro atoms. The normalized spacial score (nSPS) is 10.7. The van der Waals surface area contributed by atoms with E-state index in [-0.39, 0.29) is 0 Å². The predicted octanol–water partition coefficient (Wildman–Crippen LogP) is 4.11. The average Bonchev–Trinajstić information content (AvgIpc) is 2.83. The molecule has 0 radical (unpaired) electrons. The van der Waals surface area contributed by atoms with Crippen LogP contribution in [0.4, 0.5) is 17.5 Å². The zero-order chi connectivity index (χ0) is 23.6. The van der Waals surface area contributed by atoms with E-state index in [1.54, 1.807) is 45.9 Å². The minimum atomic E-state index is 0.446. The molecule has 0 saturated carbocycles. The Bertz CT molecular complexity index is 1000. The van der Waals surface area contributed by atoms with Crippen molar-refractivity contribution in [3.8, 4) is 28.5 Å². The Morgan fingerprint density at radius 3 is 2.27 bits per heavy atom. The fourth-order valence-electron chi connectivity index (χ4n) is 3.21. The molecule has 9 heteroatoms. The van der Waals surface area contributed by atoms with Crippen molar-refractivity contribution in [1.82, 2.24) is 20.3 Å². The Hall–Kier alpha value is -3.59. The van der Waals surface area contributed by atoms with Gasteiger partial charge in [0.1, 0.15) is 5.82 Å². The lowest BCUT2D eigenvalue weighted by Crippen LogP contribution is -2.25. The van der Waals surface area contributed by atoms with Crippen LogP contribution in [0.2, 0.25) is 0 Å². The summed E-state index contributed by atoms with van der Waals surface area (Å²) in [5.74, 6) is 2.90. The zero-order valence-corrected chi connectivity index (χ0v) is 19.8. The molecule has 0 amide bonds. The molecule has 0 unspecified atom stereocenters. The Labute approximate surface area is 194 Å². The number of anilines is 3. The van der Waals surface area contributed by atoms with E-state index in [4.69, 9.17) is 14.2 Å². The lowest BCUT2D eigenvalue weighted by atomic mass is 10.2. The molecule has 0 aliphatic carbocycles. The monoisotopic (exact) mass is 452 g/mol. The van der Waals surface area contributed by atoms with Crippen molar-refractivity contribution in [2.45, 2.75) is 26.3 Å². The Balaban J connectivity index is 1.67. The number of nitrogens with zero attached hydrogens (tertiary/aromatic N) is 3. The summed E-state index contributed by atoms with van der Waals surface area (Å²) in [4.78, 5) is 13.5. The van der Waals surface area contributed by atoms with Crippen molar-refractivity contribution < 1.29 is 14.2 Å². The summed E-state index contributed by atoms with van der Waals surface area (Å²) in [6.07, 6.45) is 4.54. The van der Waals surface area contributed by atoms with Crippen molar-refractivity contribution in [1.29, 1.82) is 0 Å². The Kier molecular flexibility index (Phi) is 8.65. The van der Waals surface area contributed by atoms with Crippen LogP contribution in [0.15, 0.2) is 42.7 Å². The number of methoxy groups -OCH3 is 3. The van der Waals surface area contributed by atoms with Crippen molar-refractivity contribution in [3.05, 3.63) is 42.7 Å². The van der Waals surface area contributed by atoms with Gasteiger partial charge >= 0.3 is 0 Å². The summed E-state index contributed by atoms with van der Waals surface area (Å²) in [6.45, 7) is 6.13. The quantitative estimate of drug-likeness (QED) is 0.350. The highest BCUT2D eigenvalue weighted by atomic mass is 16.5. The molecule has 3 N–H and O–H groups in total. The molecule has 1 aromatic carbocycles. The summed E-state index contributed by atoms with van der Waals surface area (Å²) in [5, 5.41) is 9.94. The van der Waals surface area contributed by atoms with Gasteiger partial charge in [-0.05, 0) is 31.2 Å². The van der Waals surface area contributed by atoms with Crippen LogP contribution >= 0.6 is 0 Å². The maximum Gasteiger partial charge on any atom is 0.227 e. The van der Waals surface area contributed by atoms with E-state index in [1.165, 1.54) is 0 Å². The molecular formula is C24H32N6O3. The third kappa shape index (κ3) is 6.69. The number of pyridine rings is 1. The highest BCUT2D eigenvalue weighted by Crippen LogP contribution is 2.40. The summed E-state index contributed by atoms with van der Waals surface area (Å²) in [6, 6.07) is 9.91. The standard InChI is InChI=1S/C24H32N6O3/c1-16(2)25-10-6-11-26-22-8-7-17(15-28-22)19-9-12-27-24(30-19)29-18-13-20(31-3)23(33-5)21(14-18)32-4/h7-9,12-16,25H,6,10-11H2,1-5H3,(H,26,28)(H,27,29,30). The molecule has 176 valence electrons. The molecule has 0 atom stereocenters. The molecule has 9 nitrogen and oxygen atoms in total. The van der Waals surface area contributed by atoms with Gasteiger partial charge in [-0.3, -0.25) is 0 Å². The molecule has 0 fully saturated rings. The fourth-order valence-corrected chi connectivity index (χ4v) is 3.21. The smallest absolute Gasteiger partial charge is 0.227 e. The van der Waals surface area contributed by atoms with Gasteiger partial charge < -0.3 is 30.2 Å². The van der Waals surface area contributed by atoms with E-state index in [1.807, 2.05) is 18.2 Å². The van der Waals surface area contributed by atoms with Gasteiger partial charge in [0, 0.05) is 48.4 Å². The van der Waals surface area contributed by atoms with Crippen LogP contribution in [-0.4, -0.2) is 55.4 Å². The van der Waals surface area contributed by atoms with E-state index in [2.05, 4.69) is 44.7 Å². The second-order valence-electron chi connectivity index (χ2n) is 7.63. The molecule has 3 aromatic rings. The highest BCUT2D eigenvalue weighted by molar-refractivity contribution is 5.67. The second-order valence-corrected chi connectivity index (χ2v) is 7.63. The van der Waals surface area contributed by atoms with E-state index in [0.29, 0.717) is 34.9 Å². The lowest BCUT2D eigenvalue weighted by molar-refractivity contribution is 0.324. The third-order valence-corrected chi connectivity index (χ3v) is 4.85. The largest absolute Gasteiger partial charge is 0.493 e. The minimum absolute atomic E-state index is 0.446. The number of aromatic nitrogens is 3. The van der Waals surface area contributed by atoms with Crippen molar-refractivity contribution in [2.24, 2.45) is 0 Å². The van der Waals surface area contributed by atoms with Gasteiger partial charge in [-0.2, -0.15) is 0 Å². The first-order valence-electron chi connectivity index (χ1n) is 10.9. The van der Waals surface area contributed by atoms with Crippen molar-refractivity contribution in [3.63, 3.8) is 0 Å². The SMILES string of the molecule is COc1cc(Nc2nccc(-c3ccc(NCCCNC(C)C)nc3)n2)cc(OC)c1OC. The van der Waals surface area contributed by atoms with Gasteiger partial charge in [-0.15, -0.1) is 0 Å². The van der Waals surface area contributed by atoms with Gasteiger partial charge in [0.15, 0.2) is 11.5 Å². The predicted molar refractivity (Wildman–Crippen MR) is 131 cm³/mol. The van der Waals surface area contributed by atoms with Gasteiger partial charge in [0.25, 0.3) is 0 Å². The van der Waals surface area contributed by atoms with Gasteiger partial charge in [0.2, 0.25) is 11.7 Å². The maximum atomic E-state index is 5.41. The topological polar surface area (TPSA) is 102 Å². The van der Waals surface area contributed by atoms with Crippen LogP contribution in [0, 0.1) is 0 Å². The maximum absolute atomic E-state index is 5.41.